The van der Waals surface area contributed by atoms with Gasteiger partial charge in [-0.3, -0.25) is 0 Å². The normalized spacial score (nSPS) is 20.1. The Morgan fingerprint density at radius 3 is 1.02 bits per heavy atom. The number of ether oxygens (including phenoxy) is 4. The third kappa shape index (κ3) is 10.5. The van der Waals surface area contributed by atoms with E-state index >= 15 is 4.39 Å². The highest BCUT2D eigenvalue weighted by Gasteiger charge is 2.29. The van der Waals surface area contributed by atoms with Gasteiger partial charge in [-0.2, -0.15) is 24.3 Å². The number of anilines is 8. The van der Waals surface area contributed by atoms with E-state index in [-0.39, 0.29) is 13.2 Å². The van der Waals surface area contributed by atoms with Crippen molar-refractivity contribution in [3.05, 3.63) is 72.5 Å². The fourth-order valence-corrected chi connectivity index (χ4v) is 8.59. The van der Waals surface area contributed by atoms with E-state index in [9.17, 15) is 0 Å². The van der Waals surface area contributed by atoms with E-state index in [0.717, 1.165) is 123 Å². The zero-order chi connectivity index (χ0) is 41.2. The quantitative estimate of drug-likeness (QED) is 0.256. The Morgan fingerprint density at radius 1 is 0.355 bits per heavy atom. The number of hydrogen-bond donors (Lipinski definition) is 0. The molecule has 62 heavy (non-hydrogen) atoms. The van der Waals surface area contributed by atoms with Crippen LogP contribution in [0.25, 0.3) is 0 Å². The van der Waals surface area contributed by atoms with Gasteiger partial charge in [0.2, 0.25) is 17.7 Å². The summed E-state index contributed by atoms with van der Waals surface area (Å²) in [5, 5.41) is 0. The summed E-state index contributed by atoms with van der Waals surface area (Å²) in [6.45, 7) is 18.5. The van der Waals surface area contributed by atoms with Gasteiger partial charge in [0.15, 0.2) is 11.6 Å². The second-order valence-electron chi connectivity index (χ2n) is 15.9. The summed E-state index contributed by atoms with van der Waals surface area (Å²) >= 11 is 0. The minimum absolute atomic E-state index is 0. The number of nitrogens with zero attached hydrogens (tertiary/aromatic N) is 12. The first-order chi connectivity index (χ1) is 30.2. The van der Waals surface area contributed by atoms with Crippen LogP contribution in [-0.2, 0) is 18.9 Å². The van der Waals surface area contributed by atoms with Crippen molar-refractivity contribution in [2.24, 2.45) is 0 Å². The smallest absolute Gasteiger partial charge is 0.229 e. The monoisotopic (exact) mass is 855 g/mol. The van der Waals surface area contributed by atoms with Crippen molar-refractivity contribution in [3.8, 4) is 0 Å². The second-order valence-corrected chi connectivity index (χ2v) is 15.9. The molecule has 0 spiro atoms. The van der Waals surface area contributed by atoms with Crippen LogP contribution in [0.2, 0.25) is 0 Å². The minimum Gasteiger partial charge on any atom is -0.378 e. The highest BCUT2D eigenvalue weighted by molar-refractivity contribution is 5.59. The maximum absolute atomic E-state index is 15.6. The molecule has 0 radical (unpaired) electrons. The summed E-state index contributed by atoms with van der Waals surface area (Å²) in [5.74, 6) is 3.91. The maximum Gasteiger partial charge on any atom is 0.229 e. The summed E-state index contributed by atoms with van der Waals surface area (Å²) in [6, 6.07) is 23.2. The summed E-state index contributed by atoms with van der Waals surface area (Å²) in [4.78, 5) is 37.3. The molecular weight excluding hydrogens is 792 g/mol. The lowest BCUT2D eigenvalue weighted by Gasteiger charge is -2.37. The van der Waals surface area contributed by atoms with Crippen molar-refractivity contribution in [3.63, 3.8) is 0 Å². The van der Waals surface area contributed by atoms with Crippen LogP contribution in [0.4, 0.5) is 50.9 Å². The van der Waals surface area contributed by atoms with E-state index in [4.69, 9.17) is 38.9 Å². The molecule has 0 aliphatic carbocycles. The predicted octanol–water partition coefficient (Wildman–Crippen LogP) is 3.73. The summed E-state index contributed by atoms with van der Waals surface area (Å²) in [6.07, 6.45) is 0. The molecule has 6 fully saturated rings. The highest BCUT2D eigenvalue weighted by Crippen LogP contribution is 2.31. The van der Waals surface area contributed by atoms with Crippen LogP contribution >= 0.6 is 0 Å². The van der Waals surface area contributed by atoms with Gasteiger partial charge in [-0.25, -0.2) is 0 Å². The summed E-state index contributed by atoms with van der Waals surface area (Å²) in [5.41, 5.74) is 2.51. The van der Waals surface area contributed by atoms with Gasteiger partial charge in [0.25, 0.3) is 0 Å². The van der Waals surface area contributed by atoms with Gasteiger partial charge >= 0.3 is 0 Å². The van der Waals surface area contributed by atoms with Crippen LogP contribution in [0, 0.1) is 5.82 Å². The molecule has 0 N–H and O–H groups in total. The number of rotatable bonds is 8. The molecule has 0 bridgehead atoms. The lowest BCUT2D eigenvalue weighted by Crippen LogP contribution is -2.47. The molecule has 10 rings (SSSR count). The third-order valence-corrected chi connectivity index (χ3v) is 12.2. The first-order valence-electron chi connectivity index (χ1n) is 22.0. The van der Waals surface area contributed by atoms with E-state index in [2.05, 4.69) is 90.1 Å². The van der Waals surface area contributed by atoms with Crippen molar-refractivity contribution in [2.75, 3.05) is 197 Å². The Hall–Kier alpha value is -5.23. The molecule has 334 valence electrons. The molecule has 0 saturated carbocycles. The van der Waals surface area contributed by atoms with Crippen LogP contribution in [0.5, 0.6) is 0 Å². The number of hydrogen-bond acceptors (Lipinski definition) is 16. The Kier molecular flexibility index (Phi) is 14.9. The van der Waals surface area contributed by atoms with Gasteiger partial charge in [-0.05, 0) is 24.3 Å². The number of piperazine rings is 2. The van der Waals surface area contributed by atoms with E-state index in [0.29, 0.717) is 70.2 Å². The standard InChI is InChI=1S/C22H29FN6O2.C22H30N6O2.CH4/c23-19-20(27-10-14-30-15-11-27)24-22(25-21(19)28-12-16-31-17-13-28)29-8-6-26(7-9-29)18-4-2-1-3-5-18;1-2-4-19(5-3-1)25-6-8-28(9-7-25)22-23-20(26-10-14-29-15-11-26)18-21(24-22)27-12-16-30-17-13-27;/h1-5H,6-17H2;1-5,18H,6-17H2;1H4. The zero-order valence-electron chi connectivity index (χ0n) is 35.2. The zero-order valence-corrected chi connectivity index (χ0v) is 35.2. The molecule has 16 nitrogen and oxygen atoms in total. The maximum atomic E-state index is 15.6. The molecule has 2 aromatic carbocycles. The van der Waals surface area contributed by atoms with E-state index in [1.54, 1.807) is 0 Å². The third-order valence-electron chi connectivity index (χ3n) is 12.2. The lowest BCUT2D eigenvalue weighted by molar-refractivity contribution is 0.121. The van der Waals surface area contributed by atoms with Crippen LogP contribution in [0.15, 0.2) is 66.7 Å². The van der Waals surface area contributed by atoms with Crippen LogP contribution < -0.4 is 39.2 Å². The van der Waals surface area contributed by atoms with E-state index in [1.165, 1.54) is 11.4 Å². The van der Waals surface area contributed by atoms with E-state index in [1.807, 2.05) is 15.9 Å². The topological polar surface area (TPSA) is 114 Å². The van der Waals surface area contributed by atoms with Crippen molar-refractivity contribution < 1.29 is 23.3 Å². The number of benzene rings is 2. The Morgan fingerprint density at radius 2 is 0.661 bits per heavy atom. The molecule has 4 aromatic rings. The Balaban J connectivity index is 0.000000168. The minimum atomic E-state index is -0.338. The first-order valence-corrected chi connectivity index (χ1v) is 22.0. The molecular formula is C45H63FN12O4. The van der Waals surface area contributed by atoms with Gasteiger partial charge in [0, 0.05) is 122 Å². The van der Waals surface area contributed by atoms with Gasteiger partial charge in [-0.15, -0.1) is 0 Å². The van der Waals surface area contributed by atoms with Gasteiger partial charge in [-0.1, -0.05) is 43.8 Å². The molecule has 0 amide bonds. The predicted molar refractivity (Wildman–Crippen MR) is 245 cm³/mol. The van der Waals surface area contributed by atoms with Crippen LogP contribution in [0.1, 0.15) is 7.43 Å². The molecule has 17 heteroatoms. The second kappa shape index (κ2) is 21.2. The van der Waals surface area contributed by atoms with Crippen molar-refractivity contribution in [2.45, 2.75) is 7.43 Å². The molecule has 6 aliphatic rings. The number of halogens is 1. The van der Waals surface area contributed by atoms with Crippen molar-refractivity contribution in [1.82, 2.24) is 19.9 Å². The summed E-state index contributed by atoms with van der Waals surface area (Å²) in [7, 11) is 0. The molecule has 6 saturated heterocycles. The first kappa shape index (κ1) is 43.4. The molecule has 2 aromatic heterocycles. The van der Waals surface area contributed by atoms with Crippen LogP contribution in [-0.4, -0.2) is 178 Å². The molecule has 0 atom stereocenters. The molecule has 6 aliphatic heterocycles. The fourth-order valence-electron chi connectivity index (χ4n) is 8.59. The molecule has 0 unspecified atom stereocenters. The number of aromatic nitrogens is 4. The average molecular weight is 855 g/mol. The van der Waals surface area contributed by atoms with Gasteiger partial charge in [0.1, 0.15) is 11.6 Å². The Bertz CT molecular complexity index is 1890. The number of para-hydroxylation sites is 2. The largest absolute Gasteiger partial charge is 0.378 e. The molecule has 8 heterocycles. The van der Waals surface area contributed by atoms with E-state index < -0.39 is 0 Å². The van der Waals surface area contributed by atoms with Crippen molar-refractivity contribution >= 4 is 46.5 Å². The summed E-state index contributed by atoms with van der Waals surface area (Å²) < 4.78 is 37.6. The average Bonchev–Trinajstić information content (AvgIpc) is 3.36. The van der Waals surface area contributed by atoms with Gasteiger partial charge < -0.3 is 58.1 Å². The van der Waals surface area contributed by atoms with Crippen molar-refractivity contribution in [1.29, 1.82) is 0 Å². The number of morpholine rings is 4. The fraction of sp³-hybridized carbons (Fsp3) is 0.556. The van der Waals surface area contributed by atoms with Gasteiger partial charge in [0.05, 0.1) is 52.9 Å². The lowest BCUT2D eigenvalue weighted by atomic mass is 10.2. The highest BCUT2D eigenvalue weighted by atomic mass is 19.1. The van der Waals surface area contributed by atoms with Crippen LogP contribution in [0.3, 0.4) is 0 Å². The Labute approximate surface area is 365 Å². The SMILES string of the molecule is C.Fc1c(N2CCOCC2)nc(N2CCN(c3ccccc3)CC2)nc1N1CCOCC1.c1ccc(N2CCN(c3nc(N4CCOCC4)cc(N4CCOCC4)n3)CC2)cc1.